The molecule has 0 saturated carbocycles. The zero-order valence-corrected chi connectivity index (χ0v) is 8.41. The summed E-state index contributed by atoms with van der Waals surface area (Å²) in [4.78, 5) is 15.2. The van der Waals surface area contributed by atoms with Crippen LogP contribution in [0.3, 0.4) is 0 Å². The molecule has 0 amide bonds. The fraction of sp³-hybridized carbons (Fsp3) is 0.400. The highest BCUT2D eigenvalue weighted by Gasteiger charge is 2.05. The molecule has 0 aliphatic heterocycles. The van der Waals surface area contributed by atoms with Crippen molar-refractivity contribution in [1.82, 2.24) is 4.98 Å². The third kappa shape index (κ3) is 2.73. The van der Waals surface area contributed by atoms with Crippen molar-refractivity contribution in [2.45, 2.75) is 20.3 Å². The van der Waals surface area contributed by atoms with Crippen LogP contribution in [0, 0.1) is 6.92 Å². The van der Waals surface area contributed by atoms with Gasteiger partial charge in [0.15, 0.2) is 0 Å². The van der Waals surface area contributed by atoms with Crippen LogP contribution in [-0.2, 0) is 16.0 Å². The van der Waals surface area contributed by atoms with E-state index < -0.39 is 0 Å². The summed E-state index contributed by atoms with van der Waals surface area (Å²) in [6.07, 6.45) is 0.179. The number of rotatable bonds is 3. The van der Waals surface area contributed by atoms with Crippen LogP contribution in [-0.4, -0.2) is 17.6 Å². The minimum atomic E-state index is -0.275. The molecule has 1 aromatic heterocycles. The van der Waals surface area contributed by atoms with Crippen LogP contribution in [0.5, 0.6) is 0 Å². The quantitative estimate of drug-likeness (QED) is 0.731. The molecule has 1 aromatic rings. The highest BCUT2D eigenvalue weighted by molar-refractivity contribution is 5.72. The Kier molecular flexibility index (Phi) is 3.45. The van der Waals surface area contributed by atoms with Crippen molar-refractivity contribution in [3.05, 3.63) is 23.4 Å². The first-order valence-electron chi connectivity index (χ1n) is 4.51. The Morgan fingerprint density at radius 1 is 1.57 bits per heavy atom. The molecule has 2 N–H and O–H groups in total. The summed E-state index contributed by atoms with van der Waals surface area (Å²) in [6, 6.07) is 3.62. The lowest BCUT2D eigenvalue weighted by atomic mass is 10.2. The van der Waals surface area contributed by atoms with Gasteiger partial charge in [-0.15, -0.1) is 0 Å². The number of hydrogen-bond donors (Lipinski definition) is 1. The Balaban J connectivity index is 2.68. The van der Waals surface area contributed by atoms with Crippen molar-refractivity contribution in [1.29, 1.82) is 0 Å². The number of ether oxygens (including phenoxy) is 1. The van der Waals surface area contributed by atoms with Crippen molar-refractivity contribution < 1.29 is 9.53 Å². The minimum absolute atomic E-state index is 0.179. The molecule has 0 bridgehead atoms. The number of pyridine rings is 1. The second-order valence-electron chi connectivity index (χ2n) is 2.99. The lowest BCUT2D eigenvalue weighted by Crippen LogP contribution is -2.09. The summed E-state index contributed by atoms with van der Waals surface area (Å²) in [5, 5.41) is 0. The van der Waals surface area contributed by atoms with Gasteiger partial charge in [0.2, 0.25) is 0 Å². The van der Waals surface area contributed by atoms with Crippen LogP contribution in [0.15, 0.2) is 12.1 Å². The van der Waals surface area contributed by atoms with Crippen molar-refractivity contribution in [2.24, 2.45) is 0 Å². The van der Waals surface area contributed by atoms with Crippen molar-refractivity contribution >= 4 is 11.8 Å². The monoisotopic (exact) mass is 194 g/mol. The zero-order chi connectivity index (χ0) is 10.6. The van der Waals surface area contributed by atoms with Crippen LogP contribution in [0.4, 0.5) is 5.82 Å². The lowest BCUT2D eigenvalue weighted by molar-refractivity contribution is -0.142. The van der Waals surface area contributed by atoms with Crippen molar-refractivity contribution in [2.75, 3.05) is 12.3 Å². The van der Waals surface area contributed by atoms with E-state index in [1.165, 1.54) is 0 Å². The fourth-order valence-corrected chi connectivity index (χ4v) is 1.05. The van der Waals surface area contributed by atoms with Gasteiger partial charge >= 0.3 is 5.97 Å². The molecule has 76 valence electrons. The molecule has 4 nitrogen and oxygen atoms in total. The molecular weight excluding hydrogens is 180 g/mol. The number of carbonyl (C=O) groups excluding carboxylic acids is 1. The SMILES string of the molecule is CCOC(=O)Cc1ccc(C)c(N)n1. The highest BCUT2D eigenvalue weighted by Crippen LogP contribution is 2.08. The Bertz CT molecular complexity index is 337. The topological polar surface area (TPSA) is 65.2 Å². The van der Waals surface area contributed by atoms with E-state index in [9.17, 15) is 4.79 Å². The summed E-state index contributed by atoms with van der Waals surface area (Å²) in [5.41, 5.74) is 7.17. The molecule has 0 fully saturated rings. The Labute approximate surface area is 83.1 Å². The standard InChI is InChI=1S/C10H14N2O2/c1-3-14-9(13)6-8-5-4-7(2)10(11)12-8/h4-5H,3,6H2,1-2H3,(H2,11,12). The number of esters is 1. The van der Waals surface area contributed by atoms with E-state index >= 15 is 0 Å². The number of nitrogens with two attached hydrogens (primary N) is 1. The molecule has 0 aromatic carbocycles. The van der Waals surface area contributed by atoms with E-state index in [2.05, 4.69) is 4.98 Å². The molecule has 0 aliphatic rings. The maximum atomic E-state index is 11.1. The van der Waals surface area contributed by atoms with Gasteiger partial charge < -0.3 is 10.5 Å². The Hall–Kier alpha value is -1.58. The first-order valence-corrected chi connectivity index (χ1v) is 4.51. The molecule has 0 radical (unpaired) electrons. The molecule has 0 saturated heterocycles. The Morgan fingerprint density at radius 2 is 2.29 bits per heavy atom. The summed E-state index contributed by atoms with van der Waals surface area (Å²) < 4.78 is 4.80. The van der Waals surface area contributed by atoms with E-state index in [1.807, 2.05) is 13.0 Å². The van der Waals surface area contributed by atoms with E-state index in [4.69, 9.17) is 10.5 Å². The molecule has 14 heavy (non-hydrogen) atoms. The van der Waals surface area contributed by atoms with Crippen molar-refractivity contribution in [3.8, 4) is 0 Å². The molecular formula is C10H14N2O2. The number of nitrogens with zero attached hydrogens (tertiary/aromatic N) is 1. The third-order valence-electron chi connectivity index (χ3n) is 1.82. The van der Waals surface area contributed by atoms with Gasteiger partial charge in [-0.05, 0) is 25.5 Å². The van der Waals surface area contributed by atoms with Gasteiger partial charge in [0.05, 0.1) is 18.7 Å². The van der Waals surface area contributed by atoms with Gasteiger partial charge in [-0.1, -0.05) is 6.07 Å². The average molecular weight is 194 g/mol. The number of hydrogen-bond acceptors (Lipinski definition) is 4. The lowest BCUT2D eigenvalue weighted by Gasteiger charge is -2.03. The molecule has 1 heterocycles. The Morgan fingerprint density at radius 3 is 2.86 bits per heavy atom. The minimum Gasteiger partial charge on any atom is -0.466 e. The number of nitrogen functional groups attached to an aromatic ring is 1. The molecule has 0 unspecified atom stereocenters. The maximum Gasteiger partial charge on any atom is 0.311 e. The molecule has 0 atom stereocenters. The number of aryl methyl sites for hydroxylation is 1. The zero-order valence-electron chi connectivity index (χ0n) is 8.41. The normalized spacial score (nSPS) is 9.86. The van der Waals surface area contributed by atoms with Crippen LogP contribution < -0.4 is 5.73 Å². The fourth-order valence-electron chi connectivity index (χ4n) is 1.05. The maximum absolute atomic E-state index is 11.1. The largest absolute Gasteiger partial charge is 0.466 e. The second-order valence-corrected chi connectivity index (χ2v) is 2.99. The predicted molar refractivity (Wildman–Crippen MR) is 53.7 cm³/mol. The molecule has 1 rings (SSSR count). The van der Waals surface area contributed by atoms with Crippen LogP contribution in [0.1, 0.15) is 18.2 Å². The summed E-state index contributed by atoms with van der Waals surface area (Å²) in [6.45, 7) is 4.03. The predicted octanol–water partition coefficient (Wildman–Crippen LogP) is 1.08. The van der Waals surface area contributed by atoms with Crippen molar-refractivity contribution in [3.63, 3.8) is 0 Å². The van der Waals surface area contributed by atoms with Gasteiger partial charge in [0, 0.05) is 0 Å². The van der Waals surface area contributed by atoms with Crippen LogP contribution in [0.2, 0.25) is 0 Å². The first kappa shape index (κ1) is 10.5. The summed E-state index contributed by atoms with van der Waals surface area (Å²) >= 11 is 0. The summed E-state index contributed by atoms with van der Waals surface area (Å²) in [5.74, 6) is 0.190. The molecule has 4 heteroatoms. The van der Waals surface area contributed by atoms with E-state index in [0.29, 0.717) is 18.1 Å². The van der Waals surface area contributed by atoms with Gasteiger partial charge in [-0.25, -0.2) is 4.98 Å². The van der Waals surface area contributed by atoms with E-state index in [1.54, 1.807) is 13.0 Å². The van der Waals surface area contributed by atoms with Crippen LogP contribution in [0.25, 0.3) is 0 Å². The highest BCUT2D eigenvalue weighted by atomic mass is 16.5. The van der Waals surface area contributed by atoms with E-state index in [0.717, 1.165) is 5.56 Å². The number of carbonyl (C=O) groups is 1. The smallest absolute Gasteiger partial charge is 0.311 e. The number of aromatic nitrogens is 1. The van der Waals surface area contributed by atoms with Gasteiger partial charge in [-0.2, -0.15) is 0 Å². The molecule has 0 aliphatic carbocycles. The van der Waals surface area contributed by atoms with Gasteiger partial charge in [-0.3, -0.25) is 4.79 Å². The average Bonchev–Trinajstić information content (AvgIpc) is 2.12. The van der Waals surface area contributed by atoms with E-state index in [-0.39, 0.29) is 12.4 Å². The third-order valence-corrected chi connectivity index (χ3v) is 1.82. The van der Waals surface area contributed by atoms with Crippen LogP contribution >= 0.6 is 0 Å². The molecule has 0 spiro atoms. The second kappa shape index (κ2) is 4.60. The first-order chi connectivity index (χ1) is 6.63. The summed E-state index contributed by atoms with van der Waals surface area (Å²) in [7, 11) is 0. The van der Waals surface area contributed by atoms with Gasteiger partial charge in [0.1, 0.15) is 5.82 Å². The number of anilines is 1. The van der Waals surface area contributed by atoms with Gasteiger partial charge in [0.25, 0.3) is 0 Å².